The van der Waals surface area contributed by atoms with Crippen molar-refractivity contribution in [3.63, 3.8) is 0 Å². The van der Waals surface area contributed by atoms with Crippen LogP contribution in [0.2, 0.25) is 0 Å². The molecule has 0 radical (unpaired) electrons. The van der Waals surface area contributed by atoms with Crippen molar-refractivity contribution in [2.45, 2.75) is 38.0 Å². The molecule has 8 nitrogen and oxygen atoms in total. The van der Waals surface area contributed by atoms with Crippen molar-refractivity contribution in [1.82, 2.24) is 10.0 Å². The van der Waals surface area contributed by atoms with Crippen molar-refractivity contribution in [3.8, 4) is 0 Å². The monoisotopic (exact) mass is 432 g/mol. The van der Waals surface area contributed by atoms with E-state index in [0.29, 0.717) is 0 Å². The summed E-state index contributed by atoms with van der Waals surface area (Å²) >= 11 is 0. The number of hydrogen-bond donors (Lipinski definition) is 0. The van der Waals surface area contributed by atoms with E-state index in [1.807, 2.05) is 48.5 Å². The predicted molar refractivity (Wildman–Crippen MR) is 118 cm³/mol. The average molecular weight is 432 g/mol. The average Bonchev–Trinajstić information content (AvgIpc) is 2.82. The standard InChI is InChI=1S/C24H24N4O4/c1-3-31-23(29)21-19-17-11-7-5-9-15(17)14-26-28(19)22(24(30)32-4-2)20-18-12-8-6-10-16(18)13-25-27(20)21/h5-14,19-22H,3-4H2,1-2H3/t19-,20-,21-,22-/m0/s1. The van der Waals surface area contributed by atoms with Gasteiger partial charge in [-0.15, -0.1) is 0 Å². The molecule has 4 atom stereocenters. The smallest absolute Gasteiger partial charge is 0.333 e. The summed E-state index contributed by atoms with van der Waals surface area (Å²) in [5, 5.41) is 12.7. The van der Waals surface area contributed by atoms with Crippen LogP contribution in [0.1, 0.15) is 48.2 Å². The number of hydrogen-bond acceptors (Lipinski definition) is 8. The van der Waals surface area contributed by atoms with Crippen LogP contribution in [0.25, 0.3) is 0 Å². The van der Waals surface area contributed by atoms with Crippen LogP contribution in [0.5, 0.6) is 0 Å². The maximum Gasteiger partial charge on any atom is 0.333 e. The number of esters is 2. The van der Waals surface area contributed by atoms with Gasteiger partial charge in [0, 0.05) is 0 Å². The van der Waals surface area contributed by atoms with Crippen LogP contribution in [0.4, 0.5) is 0 Å². The Bertz CT molecular complexity index is 1030. The van der Waals surface area contributed by atoms with Gasteiger partial charge in [-0.2, -0.15) is 10.2 Å². The summed E-state index contributed by atoms with van der Waals surface area (Å²) in [4.78, 5) is 26.6. The molecule has 1 saturated heterocycles. The molecule has 8 heteroatoms. The Labute approximate surface area is 186 Å². The lowest BCUT2D eigenvalue weighted by molar-refractivity contribution is -0.175. The fraction of sp³-hybridized carbons (Fsp3) is 0.333. The Balaban J connectivity index is 1.72. The summed E-state index contributed by atoms with van der Waals surface area (Å²) in [5.74, 6) is -0.809. The van der Waals surface area contributed by atoms with Crippen molar-refractivity contribution in [1.29, 1.82) is 0 Å². The summed E-state index contributed by atoms with van der Waals surface area (Å²) in [6, 6.07) is 12.8. The van der Waals surface area contributed by atoms with Crippen molar-refractivity contribution >= 4 is 24.4 Å². The maximum absolute atomic E-state index is 13.3. The minimum Gasteiger partial charge on any atom is -0.464 e. The van der Waals surface area contributed by atoms with E-state index in [1.54, 1.807) is 36.3 Å². The van der Waals surface area contributed by atoms with Gasteiger partial charge in [0.05, 0.1) is 25.6 Å². The van der Waals surface area contributed by atoms with Gasteiger partial charge >= 0.3 is 11.9 Å². The van der Waals surface area contributed by atoms with E-state index in [9.17, 15) is 9.59 Å². The number of carbonyl (C=O) groups excluding carboxylic acids is 2. The SMILES string of the molecule is CCOC(=O)[C@@H]1[C@@H]2c3ccccc3C=NN2[C@H](C(=O)OCC)[C@@H]2c3ccccc3C=NN12. The molecule has 2 aromatic carbocycles. The third-order valence-electron chi connectivity index (χ3n) is 6.08. The van der Waals surface area contributed by atoms with E-state index in [-0.39, 0.29) is 13.2 Å². The van der Waals surface area contributed by atoms with Crippen molar-refractivity contribution < 1.29 is 19.1 Å². The molecular formula is C24H24N4O4. The molecule has 164 valence electrons. The van der Waals surface area contributed by atoms with Gasteiger partial charge in [0.15, 0.2) is 12.1 Å². The van der Waals surface area contributed by atoms with Crippen LogP contribution in [-0.4, -0.2) is 59.7 Å². The zero-order valence-corrected chi connectivity index (χ0v) is 17.9. The lowest BCUT2D eigenvalue weighted by Crippen LogP contribution is -2.64. The number of piperazine rings is 1. The first-order valence-electron chi connectivity index (χ1n) is 10.8. The van der Waals surface area contributed by atoms with E-state index < -0.39 is 36.1 Å². The number of benzene rings is 2. The molecule has 0 aliphatic carbocycles. The van der Waals surface area contributed by atoms with Crippen LogP contribution in [0.3, 0.4) is 0 Å². The molecule has 0 amide bonds. The number of rotatable bonds is 4. The molecule has 0 spiro atoms. The first kappa shape index (κ1) is 20.2. The molecular weight excluding hydrogens is 408 g/mol. The summed E-state index contributed by atoms with van der Waals surface area (Å²) in [6.45, 7) is 4.04. The Morgan fingerprint density at radius 3 is 1.56 bits per heavy atom. The van der Waals surface area contributed by atoms with Crippen LogP contribution in [-0.2, 0) is 19.1 Å². The molecule has 0 N–H and O–H groups in total. The topological polar surface area (TPSA) is 83.8 Å². The quantitative estimate of drug-likeness (QED) is 0.691. The Kier molecular flexibility index (Phi) is 5.13. The van der Waals surface area contributed by atoms with Gasteiger partial charge in [-0.1, -0.05) is 48.5 Å². The molecule has 0 aromatic heterocycles. The summed E-state index contributed by atoms with van der Waals surface area (Å²) in [5.41, 5.74) is 3.57. The van der Waals surface area contributed by atoms with Gasteiger partial charge in [0.1, 0.15) is 12.1 Å². The molecule has 0 saturated carbocycles. The van der Waals surface area contributed by atoms with Crippen molar-refractivity contribution in [2.24, 2.45) is 10.2 Å². The second-order valence-corrected chi connectivity index (χ2v) is 7.79. The molecule has 3 aliphatic rings. The van der Waals surface area contributed by atoms with Gasteiger partial charge in [-0.25, -0.2) is 9.59 Å². The second-order valence-electron chi connectivity index (χ2n) is 7.79. The van der Waals surface area contributed by atoms with Crippen molar-refractivity contribution in [3.05, 3.63) is 70.8 Å². The Morgan fingerprint density at radius 2 is 1.16 bits per heavy atom. The molecule has 3 heterocycles. The number of hydrazone groups is 2. The lowest BCUT2D eigenvalue weighted by atomic mass is 9.83. The van der Waals surface area contributed by atoms with Crippen molar-refractivity contribution in [2.75, 3.05) is 13.2 Å². The highest BCUT2D eigenvalue weighted by Gasteiger charge is 2.57. The summed E-state index contributed by atoms with van der Waals surface area (Å²) in [6.07, 6.45) is 3.46. The van der Waals surface area contributed by atoms with E-state index in [2.05, 4.69) is 10.2 Å². The molecule has 0 unspecified atom stereocenters. The maximum atomic E-state index is 13.3. The van der Waals surface area contributed by atoms with Crippen LogP contribution < -0.4 is 0 Å². The molecule has 5 rings (SSSR count). The zero-order chi connectivity index (χ0) is 22.2. The lowest BCUT2D eigenvalue weighted by Gasteiger charge is -2.53. The van der Waals surface area contributed by atoms with Gasteiger partial charge < -0.3 is 9.47 Å². The van der Waals surface area contributed by atoms with Crippen LogP contribution >= 0.6 is 0 Å². The number of nitrogens with zero attached hydrogens (tertiary/aromatic N) is 4. The van der Waals surface area contributed by atoms with Crippen LogP contribution in [0.15, 0.2) is 58.7 Å². The van der Waals surface area contributed by atoms with E-state index >= 15 is 0 Å². The fourth-order valence-electron chi connectivity index (χ4n) is 4.82. The highest BCUT2D eigenvalue weighted by atomic mass is 16.5. The summed E-state index contributed by atoms with van der Waals surface area (Å²) < 4.78 is 11.0. The van der Waals surface area contributed by atoms with E-state index in [1.165, 1.54) is 0 Å². The second kappa shape index (κ2) is 8.11. The first-order valence-corrected chi connectivity index (χ1v) is 10.8. The minimum atomic E-state index is -0.783. The number of ether oxygens (including phenoxy) is 2. The van der Waals surface area contributed by atoms with E-state index in [4.69, 9.17) is 9.47 Å². The first-order chi connectivity index (χ1) is 15.7. The van der Waals surface area contributed by atoms with Crippen LogP contribution in [0, 0.1) is 0 Å². The largest absolute Gasteiger partial charge is 0.464 e. The predicted octanol–water partition coefficient (Wildman–Crippen LogP) is 2.65. The summed E-state index contributed by atoms with van der Waals surface area (Å²) in [7, 11) is 0. The third-order valence-corrected chi connectivity index (χ3v) is 6.08. The van der Waals surface area contributed by atoms with Gasteiger partial charge in [-0.3, -0.25) is 10.0 Å². The third kappa shape index (κ3) is 3.05. The Morgan fingerprint density at radius 1 is 0.750 bits per heavy atom. The molecule has 0 bridgehead atoms. The molecule has 3 aliphatic heterocycles. The number of carbonyl (C=O) groups is 2. The van der Waals surface area contributed by atoms with Gasteiger partial charge in [0.25, 0.3) is 0 Å². The highest BCUT2D eigenvalue weighted by Crippen LogP contribution is 2.48. The minimum absolute atomic E-state index is 0.243. The van der Waals surface area contributed by atoms with E-state index in [0.717, 1.165) is 22.3 Å². The molecule has 32 heavy (non-hydrogen) atoms. The van der Waals surface area contributed by atoms with Gasteiger partial charge in [-0.05, 0) is 36.1 Å². The highest BCUT2D eigenvalue weighted by molar-refractivity contribution is 5.89. The zero-order valence-electron chi connectivity index (χ0n) is 17.9. The van der Waals surface area contributed by atoms with Gasteiger partial charge in [0.2, 0.25) is 0 Å². The normalized spacial score (nSPS) is 24.7. The number of fused-ring (bicyclic) bond motifs is 6. The Hall–Kier alpha value is -3.68. The fourth-order valence-corrected chi connectivity index (χ4v) is 4.82. The molecule has 2 aromatic rings. The molecule has 1 fully saturated rings.